The number of esters is 1. The van der Waals surface area contributed by atoms with Gasteiger partial charge in [0.1, 0.15) is 5.82 Å². The average molecular weight is 359 g/mol. The number of hydrogen-bond donors (Lipinski definition) is 1. The summed E-state index contributed by atoms with van der Waals surface area (Å²) in [6.45, 7) is 4.65. The minimum Gasteiger partial charge on any atom is -0.452 e. The van der Waals surface area contributed by atoms with Crippen molar-refractivity contribution in [2.75, 3.05) is 20.2 Å². The highest BCUT2D eigenvalue weighted by Gasteiger charge is 2.20. The van der Waals surface area contributed by atoms with Gasteiger partial charge < -0.3 is 15.0 Å². The summed E-state index contributed by atoms with van der Waals surface area (Å²) in [5, 5.41) is 2.88. The van der Waals surface area contributed by atoms with Gasteiger partial charge in [-0.15, -0.1) is 0 Å². The summed E-state index contributed by atoms with van der Waals surface area (Å²) in [4.78, 5) is 36.5. The Morgan fingerprint density at radius 3 is 2.50 bits per heavy atom. The molecule has 1 aromatic carbocycles. The molecular weight excluding hydrogens is 339 g/mol. The van der Waals surface area contributed by atoms with Crippen molar-refractivity contribution in [2.45, 2.75) is 26.3 Å². The fraction of sp³-hybridized carbons (Fsp3) is 0.438. The molecule has 0 saturated carbocycles. The maximum absolute atomic E-state index is 13.5. The average Bonchev–Trinajstić information content (AvgIpc) is 2.44. The Kier molecular flexibility index (Phi) is 6.71. The summed E-state index contributed by atoms with van der Waals surface area (Å²) in [5.41, 5.74) is -0.777. The van der Waals surface area contributed by atoms with E-state index in [0.717, 1.165) is 17.0 Å². The zero-order chi connectivity index (χ0) is 18.5. The summed E-state index contributed by atoms with van der Waals surface area (Å²) in [5.74, 6) is -2.73. The van der Waals surface area contributed by atoms with Crippen LogP contribution in [0.15, 0.2) is 18.2 Å². The van der Waals surface area contributed by atoms with E-state index in [2.05, 4.69) is 5.32 Å². The molecule has 0 aromatic heterocycles. The third-order valence-electron chi connectivity index (χ3n) is 2.80. The standard InChI is InChI=1S/C16H20ClFN2O4/c1-16(2,3)19-13(21)8-20(4)14(22)9-24-15(23)11-7-10(17)5-6-12(11)18/h5-7H,8-9H2,1-4H3,(H,19,21). The van der Waals surface area contributed by atoms with Gasteiger partial charge in [0.15, 0.2) is 6.61 Å². The van der Waals surface area contributed by atoms with E-state index in [0.29, 0.717) is 0 Å². The number of nitrogens with one attached hydrogen (secondary N) is 1. The predicted octanol–water partition coefficient (Wildman–Crippen LogP) is 2.01. The van der Waals surface area contributed by atoms with Crippen LogP contribution in [0.3, 0.4) is 0 Å². The van der Waals surface area contributed by atoms with E-state index in [1.54, 1.807) is 0 Å². The SMILES string of the molecule is CN(CC(=O)NC(C)(C)C)C(=O)COC(=O)c1cc(Cl)ccc1F. The third kappa shape index (κ3) is 6.54. The van der Waals surface area contributed by atoms with E-state index in [1.807, 2.05) is 20.8 Å². The van der Waals surface area contributed by atoms with Crippen LogP contribution in [0.4, 0.5) is 4.39 Å². The Balaban J connectivity index is 2.54. The molecule has 1 aromatic rings. The highest BCUT2D eigenvalue weighted by Crippen LogP contribution is 2.15. The number of ether oxygens (including phenoxy) is 1. The minimum absolute atomic E-state index is 0.172. The number of nitrogens with zero attached hydrogens (tertiary/aromatic N) is 1. The normalized spacial score (nSPS) is 10.9. The van der Waals surface area contributed by atoms with Gasteiger partial charge in [0.05, 0.1) is 12.1 Å². The molecule has 0 aliphatic rings. The molecule has 24 heavy (non-hydrogen) atoms. The van der Waals surface area contributed by atoms with Crippen molar-refractivity contribution >= 4 is 29.4 Å². The van der Waals surface area contributed by atoms with Crippen LogP contribution >= 0.6 is 11.6 Å². The Morgan fingerprint density at radius 1 is 1.29 bits per heavy atom. The lowest BCUT2D eigenvalue weighted by Gasteiger charge is -2.23. The first-order valence-electron chi connectivity index (χ1n) is 7.17. The summed E-state index contributed by atoms with van der Waals surface area (Å²) in [6, 6.07) is 3.44. The van der Waals surface area contributed by atoms with Gasteiger partial charge in [0, 0.05) is 17.6 Å². The number of amides is 2. The van der Waals surface area contributed by atoms with Crippen molar-refractivity contribution in [3.8, 4) is 0 Å². The summed E-state index contributed by atoms with van der Waals surface area (Å²) in [6.07, 6.45) is 0. The number of rotatable bonds is 5. The number of carbonyl (C=O) groups is 3. The second kappa shape index (κ2) is 8.10. The van der Waals surface area contributed by atoms with Crippen molar-refractivity contribution in [3.05, 3.63) is 34.6 Å². The molecule has 2 amide bonds. The third-order valence-corrected chi connectivity index (χ3v) is 3.03. The Bertz CT molecular complexity index is 643. The summed E-state index contributed by atoms with van der Waals surface area (Å²) < 4.78 is 18.3. The van der Waals surface area contributed by atoms with E-state index in [9.17, 15) is 18.8 Å². The molecule has 132 valence electrons. The van der Waals surface area contributed by atoms with Gasteiger partial charge in [0.25, 0.3) is 5.91 Å². The second-order valence-corrected chi connectivity index (χ2v) is 6.68. The molecule has 1 rings (SSSR count). The van der Waals surface area contributed by atoms with Crippen LogP contribution in [0.2, 0.25) is 5.02 Å². The van der Waals surface area contributed by atoms with Crippen LogP contribution in [-0.4, -0.2) is 48.4 Å². The Labute approximate surface area is 144 Å². The minimum atomic E-state index is -1.00. The lowest BCUT2D eigenvalue weighted by Crippen LogP contribution is -2.46. The Morgan fingerprint density at radius 2 is 1.92 bits per heavy atom. The van der Waals surface area contributed by atoms with Gasteiger partial charge in [-0.05, 0) is 39.0 Å². The van der Waals surface area contributed by atoms with Crippen LogP contribution in [-0.2, 0) is 14.3 Å². The van der Waals surface area contributed by atoms with Gasteiger partial charge in [-0.2, -0.15) is 0 Å². The predicted molar refractivity (Wildman–Crippen MR) is 87.2 cm³/mol. The first-order valence-corrected chi connectivity index (χ1v) is 7.54. The van der Waals surface area contributed by atoms with E-state index >= 15 is 0 Å². The van der Waals surface area contributed by atoms with Crippen LogP contribution in [0, 0.1) is 5.82 Å². The highest BCUT2D eigenvalue weighted by atomic mass is 35.5. The van der Waals surface area contributed by atoms with E-state index < -0.39 is 29.8 Å². The lowest BCUT2D eigenvalue weighted by atomic mass is 10.1. The fourth-order valence-electron chi connectivity index (χ4n) is 1.73. The molecule has 0 spiro atoms. The van der Waals surface area contributed by atoms with Gasteiger partial charge in [0.2, 0.25) is 5.91 Å². The van der Waals surface area contributed by atoms with Crippen molar-refractivity contribution < 1.29 is 23.5 Å². The quantitative estimate of drug-likeness (QED) is 0.817. The fourth-order valence-corrected chi connectivity index (χ4v) is 1.90. The van der Waals surface area contributed by atoms with E-state index in [4.69, 9.17) is 16.3 Å². The van der Waals surface area contributed by atoms with Gasteiger partial charge in [-0.1, -0.05) is 11.6 Å². The number of halogens is 2. The molecule has 0 bridgehead atoms. The molecule has 0 aliphatic heterocycles. The lowest BCUT2D eigenvalue weighted by molar-refractivity contribution is -0.137. The van der Waals surface area contributed by atoms with Crippen molar-refractivity contribution in [3.63, 3.8) is 0 Å². The molecule has 0 fully saturated rings. The molecule has 8 heteroatoms. The molecule has 1 N–H and O–H groups in total. The molecule has 0 aliphatic carbocycles. The highest BCUT2D eigenvalue weighted by molar-refractivity contribution is 6.30. The second-order valence-electron chi connectivity index (χ2n) is 6.25. The van der Waals surface area contributed by atoms with Crippen LogP contribution in [0.25, 0.3) is 0 Å². The monoisotopic (exact) mass is 358 g/mol. The molecule has 0 heterocycles. The van der Waals surface area contributed by atoms with Crippen molar-refractivity contribution in [1.82, 2.24) is 10.2 Å². The largest absolute Gasteiger partial charge is 0.452 e. The summed E-state index contributed by atoms with van der Waals surface area (Å²) >= 11 is 5.69. The number of carbonyl (C=O) groups excluding carboxylic acids is 3. The topological polar surface area (TPSA) is 75.7 Å². The molecule has 0 atom stereocenters. The first kappa shape index (κ1) is 19.9. The maximum atomic E-state index is 13.5. The zero-order valence-electron chi connectivity index (χ0n) is 14.0. The Hall–Kier alpha value is -2.15. The molecule has 0 unspecified atom stereocenters. The molecular formula is C16H20ClFN2O4. The van der Waals surface area contributed by atoms with Gasteiger partial charge in [-0.25, -0.2) is 9.18 Å². The number of hydrogen-bond acceptors (Lipinski definition) is 4. The first-order chi connectivity index (χ1) is 11.0. The maximum Gasteiger partial charge on any atom is 0.341 e. The summed E-state index contributed by atoms with van der Waals surface area (Å²) in [7, 11) is 1.40. The smallest absolute Gasteiger partial charge is 0.341 e. The van der Waals surface area contributed by atoms with Crippen molar-refractivity contribution in [1.29, 1.82) is 0 Å². The van der Waals surface area contributed by atoms with Crippen LogP contribution in [0.5, 0.6) is 0 Å². The van der Waals surface area contributed by atoms with Gasteiger partial charge in [-0.3, -0.25) is 9.59 Å². The van der Waals surface area contributed by atoms with Gasteiger partial charge >= 0.3 is 5.97 Å². The number of benzene rings is 1. The van der Waals surface area contributed by atoms with Crippen molar-refractivity contribution in [2.24, 2.45) is 0 Å². The van der Waals surface area contributed by atoms with E-state index in [-0.39, 0.29) is 23.0 Å². The van der Waals surface area contributed by atoms with Crippen LogP contribution in [0.1, 0.15) is 31.1 Å². The van der Waals surface area contributed by atoms with Crippen LogP contribution < -0.4 is 5.32 Å². The molecule has 0 saturated heterocycles. The molecule has 6 nitrogen and oxygen atoms in total. The molecule has 0 radical (unpaired) electrons. The zero-order valence-corrected chi connectivity index (χ0v) is 14.7. The number of likely N-dealkylation sites (N-methyl/N-ethyl adjacent to an activating group) is 1. The van der Waals surface area contributed by atoms with E-state index in [1.165, 1.54) is 13.1 Å².